The number of benzene rings is 2. The summed E-state index contributed by atoms with van der Waals surface area (Å²) in [7, 11) is 0. The summed E-state index contributed by atoms with van der Waals surface area (Å²) < 4.78 is 43.7. The molecule has 4 nitrogen and oxygen atoms in total. The third-order valence-electron chi connectivity index (χ3n) is 3.21. The van der Waals surface area contributed by atoms with Crippen LogP contribution < -0.4 is 0 Å². The lowest BCUT2D eigenvalue weighted by atomic mass is 10.1. The van der Waals surface area contributed by atoms with Gasteiger partial charge in [0, 0.05) is 9.79 Å². The van der Waals surface area contributed by atoms with Crippen molar-refractivity contribution in [2.75, 3.05) is 0 Å². The van der Waals surface area contributed by atoms with Gasteiger partial charge < -0.3 is 9.11 Å². The standard InChI is InChI=1S/C13H10O4S2/c14-18(15)10-1-3-12-8(6-10)5-9-7-11(19(16)17)2-4-13(9)12/h1-4,6-7H,5H2,(H,14,15)(H,16,17)/p-2. The van der Waals surface area contributed by atoms with Crippen molar-refractivity contribution < 1.29 is 17.5 Å². The van der Waals surface area contributed by atoms with Crippen molar-refractivity contribution in [1.82, 2.24) is 0 Å². The summed E-state index contributed by atoms with van der Waals surface area (Å²) in [5, 5.41) is 0. The topological polar surface area (TPSA) is 80.3 Å². The average Bonchev–Trinajstić information content (AvgIpc) is 2.74. The van der Waals surface area contributed by atoms with Gasteiger partial charge in [-0.3, -0.25) is 8.42 Å². The van der Waals surface area contributed by atoms with E-state index >= 15 is 0 Å². The van der Waals surface area contributed by atoms with Crippen molar-refractivity contribution in [3.05, 3.63) is 47.5 Å². The molecule has 2 aromatic carbocycles. The van der Waals surface area contributed by atoms with Crippen molar-refractivity contribution >= 4 is 22.2 Å². The van der Waals surface area contributed by atoms with Gasteiger partial charge >= 0.3 is 0 Å². The molecule has 0 N–H and O–H groups in total. The normalized spacial score (nSPS) is 15.7. The van der Waals surface area contributed by atoms with Gasteiger partial charge in [-0.05, 0) is 75.1 Å². The Hall–Kier alpha value is -1.34. The van der Waals surface area contributed by atoms with E-state index in [-0.39, 0.29) is 9.79 Å². The van der Waals surface area contributed by atoms with E-state index in [9.17, 15) is 17.5 Å². The van der Waals surface area contributed by atoms with E-state index in [1.54, 1.807) is 36.4 Å². The first-order valence-corrected chi connectivity index (χ1v) is 7.66. The second-order valence-electron chi connectivity index (χ2n) is 4.28. The van der Waals surface area contributed by atoms with E-state index in [1.807, 2.05) is 0 Å². The molecule has 1 aliphatic carbocycles. The molecule has 2 aromatic rings. The molecule has 19 heavy (non-hydrogen) atoms. The molecule has 0 amide bonds. The third-order valence-corrected chi connectivity index (χ3v) is 4.49. The summed E-state index contributed by atoms with van der Waals surface area (Å²) in [5.41, 5.74) is 3.75. The monoisotopic (exact) mass is 292 g/mol. The van der Waals surface area contributed by atoms with Crippen LogP contribution >= 0.6 is 0 Å². The zero-order chi connectivity index (χ0) is 13.6. The first-order valence-electron chi connectivity index (χ1n) is 5.51. The number of hydrogen-bond donors (Lipinski definition) is 0. The quantitative estimate of drug-likeness (QED) is 0.674. The Morgan fingerprint density at radius 3 is 1.58 bits per heavy atom. The molecule has 0 radical (unpaired) electrons. The predicted octanol–water partition coefficient (Wildman–Crippen LogP) is 1.73. The highest BCUT2D eigenvalue weighted by Gasteiger charge is 2.19. The van der Waals surface area contributed by atoms with Gasteiger partial charge in [-0.2, -0.15) is 0 Å². The second-order valence-corrected chi connectivity index (χ2v) is 6.17. The van der Waals surface area contributed by atoms with Crippen molar-refractivity contribution in [2.24, 2.45) is 0 Å². The Bertz CT molecular complexity index is 663. The summed E-state index contributed by atoms with van der Waals surface area (Å²) in [5.74, 6) is 0. The van der Waals surface area contributed by atoms with Crippen LogP contribution in [-0.4, -0.2) is 17.5 Å². The minimum Gasteiger partial charge on any atom is -0.768 e. The van der Waals surface area contributed by atoms with Crippen molar-refractivity contribution in [3.63, 3.8) is 0 Å². The molecule has 3 rings (SSSR count). The van der Waals surface area contributed by atoms with E-state index in [0.717, 1.165) is 22.3 Å². The van der Waals surface area contributed by atoms with E-state index in [1.165, 1.54) is 0 Å². The van der Waals surface area contributed by atoms with Gasteiger partial charge in [0.05, 0.1) is 0 Å². The molecular formula is C13H8O4S2-2. The highest BCUT2D eigenvalue weighted by molar-refractivity contribution is 7.79. The van der Waals surface area contributed by atoms with Gasteiger partial charge in [-0.1, -0.05) is 12.1 Å². The molecule has 0 aliphatic heterocycles. The molecular weight excluding hydrogens is 284 g/mol. The summed E-state index contributed by atoms with van der Waals surface area (Å²) in [4.78, 5) is 0.498. The first-order chi connectivity index (χ1) is 9.06. The molecule has 2 atom stereocenters. The van der Waals surface area contributed by atoms with Crippen molar-refractivity contribution in [1.29, 1.82) is 0 Å². The predicted molar refractivity (Wildman–Crippen MR) is 69.1 cm³/mol. The molecule has 0 saturated heterocycles. The fraction of sp³-hybridized carbons (Fsp3) is 0.0769. The molecule has 1 aliphatic rings. The lowest BCUT2D eigenvalue weighted by Gasteiger charge is -2.08. The first kappa shape index (κ1) is 12.7. The van der Waals surface area contributed by atoms with E-state index in [4.69, 9.17) is 0 Å². The van der Waals surface area contributed by atoms with Crippen LogP contribution in [0.4, 0.5) is 0 Å². The molecule has 0 heterocycles. The number of rotatable bonds is 2. The Morgan fingerprint density at radius 2 is 1.21 bits per heavy atom. The average molecular weight is 292 g/mol. The fourth-order valence-corrected chi connectivity index (χ4v) is 3.21. The fourth-order valence-electron chi connectivity index (χ4n) is 2.37. The maximum Gasteiger partial charge on any atom is 0.0252 e. The van der Waals surface area contributed by atoms with Crippen LogP contribution in [0.2, 0.25) is 0 Å². The summed E-state index contributed by atoms with van der Waals surface area (Å²) >= 11 is -4.49. The van der Waals surface area contributed by atoms with Gasteiger partial charge in [0.2, 0.25) is 0 Å². The Balaban J connectivity index is 2.10. The lowest BCUT2D eigenvalue weighted by Crippen LogP contribution is -1.91. The summed E-state index contributed by atoms with van der Waals surface area (Å²) in [6.07, 6.45) is 0.556. The van der Waals surface area contributed by atoms with Crippen LogP contribution in [-0.2, 0) is 28.6 Å². The van der Waals surface area contributed by atoms with Gasteiger partial charge in [0.1, 0.15) is 0 Å². The molecule has 0 fully saturated rings. The molecule has 2 unspecified atom stereocenters. The van der Waals surface area contributed by atoms with Gasteiger partial charge in [-0.15, -0.1) is 0 Å². The Morgan fingerprint density at radius 1 is 0.789 bits per heavy atom. The summed E-state index contributed by atoms with van der Waals surface area (Å²) in [6, 6.07) is 9.90. The van der Waals surface area contributed by atoms with Crippen molar-refractivity contribution in [3.8, 4) is 11.1 Å². The van der Waals surface area contributed by atoms with Crippen LogP contribution in [0, 0.1) is 0 Å². The maximum absolute atomic E-state index is 10.9. The van der Waals surface area contributed by atoms with E-state index in [2.05, 4.69) is 0 Å². The lowest BCUT2D eigenvalue weighted by molar-refractivity contribution is 0.535. The molecule has 0 spiro atoms. The van der Waals surface area contributed by atoms with E-state index < -0.39 is 22.2 Å². The molecule has 0 aromatic heterocycles. The van der Waals surface area contributed by atoms with Crippen LogP contribution in [0.25, 0.3) is 11.1 Å². The van der Waals surface area contributed by atoms with E-state index in [0.29, 0.717) is 6.42 Å². The van der Waals surface area contributed by atoms with Crippen LogP contribution in [0.1, 0.15) is 11.1 Å². The second kappa shape index (κ2) is 4.64. The van der Waals surface area contributed by atoms with Crippen LogP contribution in [0.15, 0.2) is 46.2 Å². The van der Waals surface area contributed by atoms with Crippen LogP contribution in [0.5, 0.6) is 0 Å². The number of hydrogen-bond acceptors (Lipinski definition) is 4. The van der Waals surface area contributed by atoms with Gasteiger partial charge in [0.25, 0.3) is 0 Å². The molecule has 98 valence electrons. The largest absolute Gasteiger partial charge is 0.768 e. The highest BCUT2D eigenvalue weighted by atomic mass is 32.2. The maximum atomic E-state index is 10.9. The van der Waals surface area contributed by atoms with Crippen LogP contribution in [0.3, 0.4) is 0 Å². The molecule has 0 saturated carbocycles. The molecule has 0 bridgehead atoms. The van der Waals surface area contributed by atoms with Gasteiger partial charge in [0.15, 0.2) is 0 Å². The number of fused-ring (bicyclic) bond motifs is 3. The van der Waals surface area contributed by atoms with Gasteiger partial charge in [-0.25, -0.2) is 0 Å². The third kappa shape index (κ3) is 2.17. The van der Waals surface area contributed by atoms with Crippen molar-refractivity contribution in [2.45, 2.75) is 16.2 Å². The minimum atomic E-state index is -2.25. The molecule has 6 heteroatoms. The summed E-state index contributed by atoms with van der Waals surface area (Å²) in [6.45, 7) is 0. The highest BCUT2D eigenvalue weighted by Crippen LogP contribution is 2.38. The SMILES string of the molecule is O=S([O-])c1ccc2c(c1)Cc1cc(S(=O)[O-])ccc1-2. The smallest absolute Gasteiger partial charge is 0.0252 e. The minimum absolute atomic E-state index is 0.249. The Kier molecular flexibility index (Phi) is 3.10. The zero-order valence-electron chi connectivity index (χ0n) is 9.62. The Labute approximate surface area is 115 Å². The zero-order valence-corrected chi connectivity index (χ0v) is 11.3.